The highest BCUT2D eigenvalue weighted by Crippen LogP contribution is 2.27. The second-order valence-corrected chi connectivity index (χ2v) is 4.92. The van der Waals surface area contributed by atoms with Crippen LogP contribution in [0.5, 0.6) is 0 Å². The Morgan fingerprint density at radius 3 is 2.79 bits per heavy atom. The van der Waals surface area contributed by atoms with E-state index in [0.29, 0.717) is 12.1 Å². The lowest BCUT2D eigenvalue weighted by Crippen LogP contribution is -2.30. The maximum atomic E-state index is 12.0. The van der Waals surface area contributed by atoms with Gasteiger partial charge in [0.15, 0.2) is 0 Å². The van der Waals surface area contributed by atoms with Gasteiger partial charge in [0.2, 0.25) is 0 Å². The molecular formula is C14H19NO4. The monoisotopic (exact) mass is 265 g/mol. The van der Waals surface area contributed by atoms with E-state index in [1.165, 1.54) is 7.11 Å². The smallest absolute Gasteiger partial charge is 0.355 e. The van der Waals surface area contributed by atoms with E-state index in [1.807, 2.05) is 0 Å². The van der Waals surface area contributed by atoms with Gasteiger partial charge in [0.25, 0.3) is 0 Å². The van der Waals surface area contributed by atoms with E-state index in [9.17, 15) is 9.59 Å². The molecule has 5 nitrogen and oxygen atoms in total. The van der Waals surface area contributed by atoms with Gasteiger partial charge in [0.05, 0.1) is 13.0 Å². The third-order valence-electron chi connectivity index (χ3n) is 3.59. The van der Waals surface area contributed by atoms with Crippen molar-refractivity contribution in [1.82, 2.24) is 4.57 Å². The van der Waals surface area contributed by atoms with Crippen molar-refractivity contribution < 1.29 is 19.1 Å². The molecule has 0 spiro atoms. The van der Waals surface area contributed by atoms with Gasteiger partial charge in [-0.25, -0.2) is 4.79 Å². The molecule has 1 fully saturated rings. The second kappa shape index (κ2) is 5.91. The van der Waals surface area contributed by atoms with E-state index < -0.39 is 0 Å². The molecule has 1 aliphatic carbocycles. The SMILES string of the molecule is COC(=O)C1CCCC(OC(=O)c2cccn2C)C1. The minimum absolute atomic E-state index is 0.148. The maximum absolute atomic E-state index is 12.0. The number of carbonyl (C=O) groups excluding carboxylic acids is 2. The molecule has 0 aromatic carbocycles. The summed E-state index contributed by atoms with van der Waals surface area (Å²) in [4.78, 5) is 23.5. The number of carbonyl (C=O) groups is 2. The topological polar surface area (TPSA) is 57.5 Å². The maximum Gasteiger partial charge on any atom is 0.355 e. The minimum atomic E-state index is -0.331. The summed E-state index contributed by atoms with van der Waals surface area (Å²) in [7, 11) is 3.19. The molecule has 0 N–H and O–H groups in total. The zero-order chi connectivity index (χ0) is 13.8. The van der Waals surface area contributed by atoms with Crippen molar-refractivity contribution in [2.45, 2.75) is 31.8 Å². The number of ether oxygens (including phenoxy) is 2. The Kier molecular flexibility index (Phi) is 4.24. The second-order valence-electron chi connectivity index (χ2n) is 4.92. The largest absolute Gasteiger partial charge is 0.469 e. The van der Waals surface area contributed by atoms with E-state index >= 15 is 0 Å². The van der Waals surface area contributed by atoms with Crippen LogP contribution >= 0.6 is 0 Å². The number of rotatable bonds is 3. The summed E-state index contributed by atoms with van der Waals surface area (Å²) < 4.78 is 11.9. The van der Waals surface area contributed by atoms with E-state index in [-0.39, 0.29) is 24.0 Å². The first-order valence-electron chi connectivity index (χ1n) is 6.52. The van der Waals surface area contributed by atoms with Crippen LogP contribution in [-0.4, -0.2) is 29.7 Å². The Morgan fingerprint density at radius 2 is 2.16 bits per heavy atom. The van der Waals surface area contributed by atoms with E-state index in [1.54, 1.807) is 29.9 Å². The first-order chi connectivity index (χ1) is 9.11. The summed E-state index contributed by atoms with van der Waals surface area (Å²) in [6.45, 7) is 0. The fourth-order valence-electron chi connectivity index (χ4n) is 2.52. The lowest BCUT2D eigenvalue weighted by atomic mass is 9.87. The number of hydrogen-bond donors (Lipinski definition) is 0. The lowest BCUT2D eigenvalue weighted by molar-refractivity contribution is -0.148. The predicted molar refractivity (Wildman–Crippen MR) is 68.6 cm³/mol. The standard InChI is InChI=1S/C14H19NO4/c1-15-8-4-7-12(15)14(17)19-11-6-3-5-10(9-11)13(16)18-2/h4,7-8,10-11H,3,5-6,9H2,1-2H3. The van der Waals surface area contributed by atoms with Gasteiger partial charge in [-0.2, -0.15) is 0 Å². The van der Waals surface area contributed by atoms with Crippen LogP contribution in [-0.2, 0) is 21.3 Å². The van der Waals surface area contributed by atoms with Crippen LogP contribution < -0.4 is 0 Å². The fourth-order valence-corrected chi connectivity index (χ4v) is 2.52. The Balaban J connectivity index is 1.94. The van der Waals surface area contributed by atoms with E-state index in [2.05, 4.69) is 0 Å². The number of nitrogens with zero attached hydrogens (tertiary/aromatic N) is 1. The van der Waals surface area contributed by atoms with Gasteiger partial charge in [-0.1, -0.05) is 0 Å². The molecule has 19 heavy (non-hydrogen) atoms. The van der Waals surface area contributed by atoms with Gasteiger partial charge in [0, 0.05) is 13.2 Å². The predicted octanol–water partition coefficient (Wildman–Crippen LogP) is 1.91. The Morgan fingerprint density at radius 1 is 1.37 bits per heavy atom. The van der Waals surface area contributed by atoms with Crippen molar-refractivity contribution in [2.24, 2.45) is 13.0 Å². The molecule has 104 valence electrons. The highest BCUT2D eigenvalue weighted by Gasteiger charge is 2.30. The molecule has 1 aromatic rings. The van der Waals surface area contributed by atoms with Gasteiger partial charge < -0.3 is 14.0 Å². The van der Waals surface area contributed by atoms with Crippen LogP contribution in [0.2, 0.25) is 0 Å². The van der Waals surface area contributed by atoms with Crippen molar-refractivity contribution >= 4 is 11.9 Å². The highest BCUT2D eigenvalue weighted by atomic mass is 16.5. The molecule has 0 saturated heterocycles. The van der Waals surface area contributed by atoms with Gasteiger partial charge in [-0.3, -0.25) is 4.79 Å². The number of esters is 2. The fraction of sp³-hybridized carbons (Fsp3) is 0.571. The molecule has 0 radical (unpaired) electrons. The molecule has 2 unspecified atom stereocenters. The summed E-state index contributed by atoms with van der Waals surface area (Å²) >= 11 is 0. The van der Waals surface area contributed by atoms with Crippen LogP contribution in [0.25, 0.3) is 0 Å². The zero-order valence-corrected chi connectivity index (χ0v) is 11.3. The van der Waals surface area contributed by atoms with E-state index in [0.717, 1.165) is 19.3 Å². The molecule has 0 bridgehead atoms. The van der Waals surface area contributed by atoms with Crippen molar-refractivity contribution in [3.8, 4) is 0 Å². The van der Waals surface area contributed by atoms with Crippen LogP contribution in [0, 0.1) is 5.92 Å². The van der Waals surface area contributed by atoms with Gasteiger partial charge in [0.1, 0.15) is 11.8 Å². The summed E-state index contributed by atoms with van der Waals surface area (Å²) in [5, 5.41) is 0. The summed E-state index contributed by atoms with van der Waals surface area (Å²) in [6, 6.07) is 3.53. The Bertz CT molecular complexity index is 466. The van der Waals surface area contributed by atoms with Crippen LogP contribution in [0.1, 0.15) is 36.2 Å². The molecule has 0 amide bonds. The molecule has 1 saturated carbocycles. The third kappa shape index (κ3) is 3.16. The normalized spacial score (nSPS) is 22.8. The average molecular weight is 265 g/mol. The molecule has 2 atom stereocenters. The van der Waals surface area contributed by atoms with E-state index in [4.69, 9.17) is 9.47 Å². The minimum Gasteiger partial charge on any atom is -0.469 e. The molecule has 2 rings (SSSR count). The Labute approximate surface area is 112 Å². The number of methoxy groups -OCH3 is 1. The molecule has 1 aliphatic rings. The summed E-state index contributed by atoms with van der Waals surface area (Å²) in [6.07, 6.45) is 4.66. The first kappa shape index (κ1) is 13.6. The molecule has 0 aliphatic heterocycles. The van der Waals surface area contributed by atoms with Gasteiger partial charge in [-0.05, 0) is 37.8 Å². The lowest BCUT2D eigenvalue weighted by Gasteiger charge is -2.27. The van der Waals surface area contributed by atoms with Crippen molar-refractivity contribution in [2.75, 3.05) is 7.11 Å². The molecule has 1 aromatic heterocycles. The van der Waals surface area contributed by atoms with Crippen LogP contribution in [0.4, 0.5) is 0 Å². The molecule has 5 heteroatoms. The van der Waals surface area contributed by atoms with Gasteiger partial charge in [-0.15, -0.1) is 0 Å². The van der Waals surface area contributed by atoms with Crippen LogP contribution in [0.3, 0.4) is 0 Å². The zero-order valence-electron chi connectivity index (χ0n) is 11.3. The summed E-state index contributed by atoms with van der Waals surface area (Å²) in [5.74, 6) is -0.687. The van der Waals surface area contributed by atoms with Crippen molar-refractivity contribution in [1.29, 1.82) is 0 Å². The third-order valence-corrected chi connectivity index (χ3v) is 3.59. The van der Waals surface area contributed by atoms with Crippen LogP contribution in [0.15, 0.2) is 18.3 Å². The first-order valence-corrected chi connectivity index (χ1v) is 6.52. The molecular weight excluding hydrogens is 246 g/mol. The average Bonchev–Trinajstić information content (AvgIpc) is 2.84. The summed E-state index contributed by atoms with van der Waals surface area (Å²) in [5.41, 5.74) is 0.528. The number of aromatic nitrogens is 1. The Hall–Kier alpha value is -1.78. The van der Waals surface area contributed by atoms with Crippen molar-refractivity contribution in [3.05, 3.63) is 24.0 Å². The van der Waals surface area contributed by atoms with Gasteiger partial charge >= 0.3 is 11.9 Å². The quantitative estimate of drug-likeness (QED) is 0.783. The number of aryl methyl sites for hydroxylation is 1. The highest BCUT2D eigenvalue weighted by molar-refractivity contribution is 5.87. The van der Waals surface area contributed by atoms with Crippen molar-refractivity contribution in [3.63, 3.8) is 0 Å². The number of hydrogen-bond acceptors (Lipinski definition) is 4. The molecule has 1 heterocycles.